The van der Waals surface area contributed by atoms with E-state index in [0.717, 1.165) is 11.3 Å². The fourth-order valence-corrected chi connectivity index (χ4v) is 3.83. The van der Waals surface area contributed by atoms with Gasteiger partial charge in [-0.15, -0.1) is 0 Å². The molecule has 0 amide bonds. The Morgan fingerprint density at radius 1 is 0.692 bits per heavy atom. The summed E-state index contributed by atoms with van der Waals surface area (Å²) in [6, 6.07) is 29.7. The van der Waals surface area contributed by atoms with Crippen molar-refractivity contribution in [1.29, 1.82) is 0 Å². The highest BCUT2D eigenvalue weighted by molar-refractivity contribution is 6.12. The van der Waals surface area contributed by atoms with Crippen LogP contribution in [0.5, 0.6) is 0 Å². The Morgan fingerprint density at radius 2 is 1.46 bits per heavy atom. The quantitative estimate of drug-likeness (QED) is 0.383. The summed E-state index contributed by atoms with van der Waals surface area (Å²) in [5, 5.41) is 2.59. The summed E-state index contributed by atoms with van der Waals surface area (Å²) in [6.45, 7) is 0. The molecular weight excluding hydrogens is 316 g/mol. The highest BCUT2D eigenvalue weighted by Crippen LogP contribution is 2.35. The highest BCUT2D eigenvalue weighted by atomic mass is 14.9. The van der Waals surface area contributed by atoms with E-state index >= 15 is 0 Å². The van der Waals surface area contributed by atoms with Crippen molar-refractivity contribution in [2.75, 3.05) is 0 Å². The number of hydrogen-bond donors (Lipinski definition) is 0. The molecule has 5 rings (SSSR count). The molecule has 0 N–H and O–H groups in total. The van der Waals surface area contributed by atoms with Gasteiger partial charge in [0, 0.05) is 40.7 Å². The van der Waals surface area contributed by atoms with Crippen LogP contribution in [0.3, 0.4) is 0 Å². The van der Waals surface area contributed by atoms with E-state index in [1.807, 2.05) is 24.4 Å². The van der Waals surface area contributed by atoms with Crippen LogP contribution in [0.2, 0.25) is 0 Å². The minimum atomic E-state index is 0.999. The third-order valence-corrected chi connectivity index (χ3v) is 5.07. The van der Waals surface area contributed by atoms with Gasteiger partial charge in [-0.3, -0.25) is 4.98 Å². The molecule has 0 radical (unpaired) electrons. The molecule has 0 saturated heterocycles. The van der Waals surface area contributed by atoms with Crippen LogP contribution >= 0.6 is 0 Å². The largest absolute Gasteiger partial charge is 0.343 e. The van der Waals surface area contributed by atoms with Gasteiger partial charge in [-0.05, 0) is 23.8 Å². The number of fused-ring (bicyclic) bond motifs is 3. The first-order chi connectivity index (χ1) is 12.8. The third-order valence-electron chi connectivity index (χ3n) is 5.07. The van der Waals surface area contributed by atoms with Crippen molar-refractivity contribution in [3.8, 4) is 22.4 Å². The van der Waals surface area contributed by atoms with E-state index in [-0.39, 0.29) is 0 Å². The van der Waals surface area contributed by atoms with E-state index in [2.05, 4.69) is 83.3 Å². The van der Waals surface area contributed by atoms with Crippen LogP contribution in [0.25, 0.3) is 44.2 Å². The third kappa shape index (κ3) is 2.23. The Labute approximate surface area is 152 Å². The van der Waals surface area contributed by atoms with E-state index < -0.39 is 0 Å². The second-order valence-corrected chi connectivity index (χ2v) is 6.57. The molecule has 2 nitrogen and oxygen atoms in total. The van der Waals surface area contributed by atoms with Gasteiger partial charge in [0.1, 0.15) is 0 Å². The lowest BCUT2D eigenvalue weighted by atomic mass is 10.0. The van der Waals surface area contributed by atoms with E-state index in [1.165, 1.54) is 32.9 Å². The molecule has 3 aromatic carbocycles. The van der Waals surface area contributed by atoms with Crippen molar-refractivity contribution in [2.45, 2.75) is 0 Å². The lowest BCUT2D eigenvalue weighted by Crippen LogP contribution is -1.91. The molecule has 0 atom stereocenters. The fraction of sp³-hybridized carbons (Fsp3) is 0.0417. The molecule has 2 aromatic heterocycles. The number of rotatable bonds is 2. The maximum Gasteiger partial charge on any atom is 0.0708 e. The summed E-state index contributed by atoms with van der Waals surface area (Å²) < 4.78 is 2.29. The molecular formula is C24H18N2. The summed E-state index contributed by atoms with van der Waals surface area (Å²) >= 11 is 0. The number of benzene rings is 3. The molecule has 5 aromatic rings. The Morgan fingerprint density at radius 3 is 2.35 bits per heavy atom. The SMILES string of the molecule is Cn1c2ccccc2c2cccc(-c3ccnc(-c4ccccc4)c3)c21. The Hall–Kier alpha value is -3.39. The van der Waals surface area contributed by atoms with Gasteiger partial charge in [0.05, 0.1) is 11.2 Å². The predicted octanol–water partition coefficient (Wildman–Crippen LogP) is 6.06. The average molecular weight is 334 g/mol. The van der Waals surface area contributed by atoms with Crippen molar-refractivity contribution in [1.82, 2.24) is 9.55 Å². The zero-order chi connectivity index (χ0) is 17.5. The monoisotopic (exact) mass is 334 g/mol. The summed E-state index contributed by atoms with van der Waals surface area (Å²) in [5.41, 5.74) is 7.08. The maximum atomic E-state index is 4.57. The van der Waals surface area contributed by atoms with Gasteiger partial charge in [-0.25, -0.2) is 0 Å². The maximum absolute atomic E-state index is 4.57. The highest BCUT2D eigenvalue weighted by Gasteiger charge is 2.13. The average Bonchev–Trinajstić information content (AvgIpc) is 3.02. The van der Waals surface area contributed by atoms with Gasteiger partial charge >= 0.3 is 0 Å². The Kier molecular flexibility index (Phi) is 3.36. The van der Waals surface area contributed by atoms with Crippen molar-refractivity contribution in [3.05, 3.63) is 91.1 Å². The van der Waals surface area contributed by atoms with Crippen molar-refractivity contribution in [2.24, 2.45) is 7.05 Å². The zero-order valence-electron chi connectivity index (χ0n) is 14.6. The number of aromatic nitrogens is 2. The predicted molar refractivity (Wildman–Crippen MR) is 109 cm³/mol. The van der Waals surface area contributed by atoms with Crippen LogP contribution in [0.15, 0.2) is 91.1 Å². The summed E-state index contributed by atoms with van der Waals surface area (Å²) in [7, 11) is 2.15. The molecule has 0 bridgehead atoms. The van der Waals surface area contributed by atoms with Crippen LogP contribution in [0, 0.1) is 0 Å². The smallest absolute Gasteiger partial charge is 0.0708 e. The van der Waals surface area contributed by atoms with Crippen molar-refractivity contribution in [3.63, 3.8) is 0 Å². The van der Waals surface area contributed by atoms with Crippen LogP contribution in [-0.4, -0.2) is 9.55 Å². The number of aryl methyl sites for hydroxylation is 1. The molecule has 26 heavy (non-hydrogen) atoms. The molecule has 2 heteroatoms. The number of pyridine rings is 1. The standard InChI is InChI=1S/C24H18N2/c1-26-23-13-6-5-10-20(23)21-12-7-11-19(24(21)26)18-14-15-25-22(16-18)17-8-3-2-4-9-17/h2-16H,1H3. The fourth-order valence-electron chi connectivity index (χ4n) is 3.83. The van der Waals surface area contributed by atoms with Gasteiger partial charge in [0.15, 0.2) is 0 Å². The van der Waals surface area contributed by atoms with Crippen molar-refractivity contribution >= 4 is 21.8 Å². The van der Waals surface area contributed by atoms with Crippen molar-refractivity contribution < 1.29 is 0 Å². The zero-order valence-corrected chi connectivity index (χ0v) is 14.6. The molecule has 0 aliphatic heterocycles. The van der Waals surface area contributed by atoms with E-state index in [4.69, 9.17) is 0 Å². The summed E-state index contributed by atoms with van der Waals surface area (Å²) in [5.74, 6) is 0. The molecule has 124 valence electrons. The van der Waals surface area contributed by atoms with E-state index in [9.17, 15) is 0 Å². The lowest BCUT2D eigenvalue weighted by molar-refractivity contribution is 1.01. The second-order valence-electron chi connectivity index (χ2n) is 6.57. The number of nitrogens with zero attached hydrogens (tertiary/aromatic N) is 2. The number of para-hydroxylation sites is 2. The molecule has 2 heterocycles. The van der Waals surface area contributed by atoms with E-state index in [0.29, 0.717) is 0 Å². The van der Waals surface area contributed by atoms with Gasteiger partial charge in [-0.2, -0.15) is 0 Å². The van der Waals surface area contributed by atoms with Gasteiger partial charge in [0.2, 0.25) is 0 Å². The molecule has 0 spiro atoms. The first-order valence-electron chi connectivity index (χ1n) is 8.81. The van der Waals surface area contributed by atoms with Gasteiger partial charge in [-0.1, -0.05) is 66.7 Å². The Balaban J connectivity index is 1.78. The first-order valence-corrected chi connectivity index (χ1v) is 8.81. The molecule has 0 saturated carbocycles. The van der Waals surface area contributed by atoms with Crippen LogP contribution in [0.1, 0.15) is 0 Å². The minimum Gasteiger partial charge on any atom is -0.343 e. The second kappa shape index (κ2) is 5.85. The molecule has 0 aliphatic rings. The molecule has 0 unspecified atom stereocenters. The van der Waals surface area contributed by atoms with Crippen LogP contribution in [0.4, 0.5) is 0 Å². The molecule has 0 fully saturated rings. The van der Waals surface area contributed by atoms with Gasteiger partial charge in [0.25, 0.3) is 0 Å². The van der Waals surface area contributed by atoms with Crippen LogP contribution in [-0.2, 0) is 7.05 Å². The Bertz CT molecular complexity index is 1230. The summed E-state index contributed by atoms with van der Waals surface area (Å²) in [4.78, 5) is 4.57. The molecule has 0 aliphatic carbocycles. The lowest BCUT2D eigenvalue weighted by Gasteiger charge is -2.09. The van der Waals surface area contributed by atoms with Gasteiger partial charge < -0.3 is 4.57 Å². The number of hydrogen-bond acceptors (Lipinski definition) is 1. The first kappa shape index (κ1) is 14.9. The minimum absolute atomic E-state index is 0.999. The summed E-state index contributed by atoms with van der Waals surface area (Å²) in [6.07, 6.45) is 1.90. The topological polar surface area (TPSA) is 17.8 Å². The normalized spacial score (nSPS) is 11.3. The van der Waals surface area contributed by atoms with Crippen LogP contribution < -0.4 is 0 Å². The van der Waals surface area contributed by atoms with E-state index in [1.54, 1.807) is 0 Å².